The second-order valence-corrected chi connectivity index (χ2v) is 9.00. The lowest BCUT2D eigenvalue weighted by Crippen LogP contribution is -2.25. The van der Waals surface area contributed by atoms with Gasteiger partial charge in [-0.15, -0.1) is 11.3 Å². The van der Waals surface area contributed by atoms with E-state index in [1.165, 1.54) is 4.40 Å². The standard InChI is InChI=1S/C21H22N4O6S2/c1-5-30-18(27)14-11(3)15(19(28)31-6-2)33-17(14)23-16(26)12(4)32-20-22-13-9-7-8-10-25(13)21(29)24-20/h7-10,12H,5-6H2,1-4H3,(H,23,26)/t12-/m0/s1. The van der Waals surface area contributed by atoms with E-state index in [2.05, 4.69) is 15.3 Å². The van der Waals surface area contributed by atoms with Crippen LogP contribution in [-0.2, 0) is 14.3 Å². The summed E-state index contributed by atoms with van der Waals surface area (Å²) in [6.07, 6.45) is 1.55. The van der Waals surface area contributed by atoms with Crippen molar-refractivity contribution in [3.05, 3.63) is 50.9 Å². The molecule has 33 heavy (non-hydrogen) atoms. The molecule has 3 aromatic rings. The van der Waals surface area contributed by atoms with Crippen molar-refractivity contribution in [3.8, 4) is 0 Å². The van der Waals surface area contributed by atoms with Gasteiger partial charge in [-0.2, -0.15) is 4.98 Å². The van der Waals surface area contributed by atoms with Crippen LogP contribution in [0.5, 0.6) is 0 Å². The molecular weight excluding hydrogens is 468 g/mol. The molecule has 0 bridgehead atoms. The lowest BCUT2D eigenvalue weighted by Gasteiger charge is -2.11. The third kappa shape index (κ3) is 5.40. The summed E-state index contributed by atoms with van der Waals surface area (Å²) in [6, 6.07) is 5.09. The molecule has 10 nitrogen and oxygen atoms in total. The molecule has 0 spiro atoms. The number of thioether (sulfide) groups is 1. The number of carbonyl (C=O) groups excluding carboxylic acids is 3. The van der Waals surface area contributed by atoms with Gasteiger partial charge in [0.25, 0.3) is 0 Å². The highest BCUT2D eigenvalue weighted by Gasteiger charge is 2.28. The molecule has 0 unspecified atom stereocenters. The molecule has 0 radical (unpaired) electrons. The Morgan fingerprint density at radius 1 is 1.15 bits per heavy atom. The number of anilines is 1. The smallest absolute Gasteiger partial charge is 0.355 e. The number of hydrogen-bond acceptors (Lipinski definition) is 10. The number of ether oxygens (including phenoxy) is 2. The molecule has 3 rings (SSSR count). The quantitative estimate of drug-likeness (QED) is 0.374. The van der Waals surface area contributed by atoms with Crippen molar-refractivity contribution in [3.63, 3.8) is 0 Å². The lowest BCUT2D eigenvalue weighted by molar-refractivity contribution is -0.115. The second-order valence-electron chi connectivity index (χ2n) is 6.67. The van der Waals surface area contributed by atoms with Crippen LogP contribution in [0.15, 0.2) is 34.3 Å². The van der Waals surface area contributed by atoms with Crippen molar-refractivity contribution in [2.24, 2.45) is 0 Å². The van der Waals surface area contributed by atoms with Gasteiger partial charge in [0.2, 0.25) is 5.91 Å². The molecule has 0 saturated carbocycles. The molecule has 0 aliphatic heterocycles. The number of amides is 1. The SMILES string of the molecule is CCOC(=O)c1sc(NC(=O)[C@H](C)Sc2nc(=O)n3ccccc3n2)c(C(=O)OCC)c1C. The summed E-state index contributed by atoms with van der Waals surface area (Å²) in [5.74, 6) is -1.69. The first-order valence-electron chi connectivity index (χ1n) is 10.1. The van der Waals surface area contributed by atoms with Crippen LogP contribution in [0.1, 0.15) is 46.4 Å². The minimum Gasteiger partial charge on any atom is -0.462 e. The normalized spacial score (nSPS) is 11.8. The predicted octanol–water partition coefficient (Wildman–Crippen LogP) is 2.93. The van der Waals surface area contributed by atoms with E-state index in [9.17, 15) is 19.2 Å². The van der Waals surface area contributed by atoms with Gasteiger partial charge in [0.05, 0.1) is 24.0 Å². The van der Waals surface area contributed by atoms with Gasteiger partial charge in [0.1, 0.15) is 15.5 Å². The van der Waals surface area contributed by atoms with E-state index in [1.54, 1.807) is 52.1 Å². The van der Waals surface area contributed by atoms with Crippen LogP contribution >= 0.6 is 23.1 Å². The van der Waals surface area contributed by atoms with Crippen molar-refractivity contribution >= 4 is 51.6 Å². The molecule has 1 N–H and O–H groups in total. The lowest BCUT2D eigenvalue weighted by atomic mass is 10.1. The molecule has 0 aliphatic carbocycles. The van der Waals surface area contributed by atoms with Gasteiger partial charge in [0.15, 0.2) is 5.16 Å². The first kappa shape index (κ1) is 24.4. The fourth-order valence-corrected chi connectivity index (χ4v) is 4.72. The first-order valence-corrected chi connectivity index (χ1v) is 11.8. The Hall–Kier alpha value is -3.25. The van der Waals surface area contributed by atoms with Gasteiger partial charge in [-0.3, -0.25) is 9.20 Å². The Bertz CT molecular complexity index is 1270. The molecule has 3 aromatic heterocycles. The molecule has 3 heterocycles. The number of thiophene rings is 1. The van der Waals surface area contributed by atoms with Gasteiger partial charge in [-0.25, -0.2) is 19.4 Å². The van der Waals surface area contributed by atoms with Crippen LogP contribution in [0.3, 0.4) is 0 Å². The molecule has 0 aliphatic rings. The number of hydrogen-bond donors (Lipinski definition) is 1. The zero-order chi connectivity index (χ0) is 24.1. The van der Waals surface area contributed by atoms with E-state index >= 15 is 0 Å². The molecule has 0 fully saturated rings. The van der Waals surface area contributed by atoms with Crippen molar-refractivity contribution in [2.75, 3.05) is 18.5 Å². The predicted molar refractivity (Wildman–Crippen MR) is 124 cm³/mol. The van der Waals surface area contributed by atoms with Crippen LogP contribution in [0.2, 0.25) is 0 Å². The van der Waals surface area contributed by atoms with Gasteiger partial charge >= 0.3 is 17.6 Å². The van der Waals surface area contributed by atoms with Crippen LogP contribution < -0.4 is 11.0 Å². The van der Waals surface area contributed by atoms with Crippen LogP contribution in [0.25, 0.3) is 5.65 Å². The van der Waals surface area contributed by atoms with Crippen LogP contribution in [0, 0.1) is 6.92 Å². The summed E-state index contributed by atoms with van der Waals surface area (Å²) in [6.45, 7) is 6.86. The third-order valence-electron chi connectivity index (χ3n) is 4.42. The minimum absolute atomic E-state index is 0.107. The van der Waals surface area contributed by atoms with Gasteiger partial charge < -0.3 is 14.8 Å². The van der Waals surface area contributed by atoms with E-state index in [4.69, 9.17) is 9.47 Å². The maximum Gasteiger partial charge on any atom is 0.355 e. The average molecular weight is 491 g/mol. The van der Waals surface area contributed by atoms with Crippen molar-refractivity contribution in [1.29, 1.82) is 0 Å². The zero-order valence-corrected chi connectivity index (χ0v) is 20.0. The van der Waals surface area contributed by atoms with Crippen molar-refractivity contribution < 1.29 is 23.9 Å². The first-order chi connectivity index (χ1) is 15.8. The van der Waals surface area contributed by atoms with Gasteiger partial charge in [0, 0.05) is 6.20 Å². The monoisotopic (exact) mass is 490 g/mol. The number of carbonyl (C=O) groups is 3. The van der Waals surface area contributed by atoms with E-state index in [-0.39, 0.29) is 33.8 Å². The number of fused-ring (bicyclic) bond motifs is 1. The Labute approximate surface area is 197 Å². The molecule has 1 amide bonds. The van der Waals surface area contributed by atoms with E-state index in [1.807, 2.05) is 0 Å². The van der Waals surface area contributed by atoms with Gasteiger partial charge in [-0.1, -0.05) is 17.8 Å². The van der Waals surface area contributed by atoms with Crippen molar-refractivity contribution in [1.82, 2.24) is 14.4 Å². The summed E-state index contributed by atoms with van der Waals surface area (Å²) in [7, 11) is 0. The summed E-state index contributed by atoms with van der Waals surface area (Å²) in [5.41, 5.74) is 0.382. The van der Waals surface area contributed by atoms with Crippen molar-refractivity contribution in [2.45, 2.75) is 38.1 Å². The van der Waals surface area contributed by atoms with Gasteiger partial charge in [-0.05, 0) is 45.4 Å². The van der Waals surface area contributed by atoms with Crippen LogP contribution in [-0.4, -0.2) is 50.7 Å². The number of nitrogens with one attached hydrogen (secondary N) is 1. The van der Waals surface area contributed by atoms with E-state index in [0.717, 1.165) is 23.1 Å². The Kier molecular flexibility index (Phi) is 7.82. The van der Waals surface area contributed by atoms with Crippen LogP contribution in [0.4, 0.5) is 5.00 Å². The highest BCUT2D eigenvalue weighted by molar-refractivity contribution is 8.00. The molecule has 0 aromatic carbocycles. The highest BCUT2D eigenvalue weighted by atomic mass is 32.2. The molecule has 0 saturated heterocycles. The van der Waals surface area contributed by atoms with E-state index in [0.29, 0.717) is 11.2 Å². The number of esters is 2. The summed E-state index contributed by atoms with van der Waals surface area (Å²) in [4.78, 5) is 58.3. The molecular formula is C21H22N4O6S2. The highest BCUT2D eigenvalue weighted by Crippen LogP contribution is 2.35. The summed E-state index contributed by atoms with van der Waals surface area (Å²) < 4.78 is 11.4. The Balaban J connectivity index is 1.85. The Morgan fingerprint density at radius 3 is 2.55 bits per heavy atom. The fraction of sp³-hybridized carbons (Fsp3) is 0.333. The number of aromatic nitrogens is 3. The fourth-order valence-electron chi connectivity index (χ4n) is 2.87. The maximum absolute atomic E-state index is 12.9. The molecule has 12 heteroatoms. The third-order valence-corrected chi connectivity index (χ3v) is 6.57. The summed E-state index contributed by atoms with van der Waals surface area (Å²) in [5, 5.41) is 2.32. The topological polar surface area (TPSA) is 129 Å². The Morgan fingerprint density at radius 2 is 1.85 bits per heavy atom. The van der Waals surface area contributed by atoms with E-state index < -0.39 is 28.8 Å². The maximum atomic E-state index is 12.9. The number of pyridine rings is 1. The summed E-state index contributed by atoms with van der Waals surface area (Å²) >= 11 is 1.94. The molecule has 174 valence electrons. The zero-order valence-electron chi connectivity index (χ0n) is 18.4. The number of rotatable bonds is 8. The molecule has 1 atom stereocenters. The number of nitrogens with zero attached hydrogens (tertiary/aromatic N) is 3. The second kappa shape index (κ2) is 10.6. The average Bonchev–Trinajstić information content (AvgIpc) is 3.10. The largest absolute Gasteiger partial charge is 0.462 e. The minimum atomic E-state index is -0.709.